The van der Waals surface area contributed by atoms with Crippen molar-refractivity contribution in [1.82, 2.24) is 0 Å². The standard InChI is InChI=1S/C9H10ClF/c1-6-3-8(11)4-7(2)9(6)5-10/h3-4H,5H2,1-2H3. The van der Waals surface area contributed by atoms with Gasteiger partial charge in [-0.05, 0) is 42.7 Å². The average molecular weight is 173 g/mol. The molecule has 0 aliphatic rings. The highest BCUT2D eigenvalue weighted by Gasteiger charge is 2.02. The van der Waals surface area contributed by atoms with Crippen molar-refractivity contribution in [2.45, 2.75) is 19.7 Å². The maximum absolute atomic E-state index is 12.7. The lowest BCUT2D eigenvalue weighted by Crippen LogP contribution is -1.91. The summed E-state index contributed by atoms with van der Waals surface area (Å²) >= 11 is 5.67. The Morgan fingerprint density at radius 3 is 2.09 bits per heavy atom. The summed E-state index contributed by atoms with van der Waals surface area (Å²) in [6, 6.07) is 3.01. The lowest BCUT2D eigenvalue weighted by Gasteiger charge is -2.05. The van der Waals surface area contributed by atoms with Gasteiger partial charge in [0.15, 0.2) is 0 Å². The van der Waals surface area contributed by atoms with E-state index in [1.54, 1.807) is 0 Å². The van der Waals surface area contributed by atoms with Crippen LogP contribution >= 0.6 is 11.6 Å². The van der Waals surface area contributed by atoms with Crippen LogP contribution in [0.5, 0.6) is 0 Å². The summed E-state index contributed by atoms with van der Waals surface area (Å²) in [6.07, 6.45) is 0. The van der Waals surface area contributed by atoms with Crippen molar-refractivity contribution in [3.8, 4) is 0 Å². The SMILES string of the molecule is Cc1cc(F)cc(C)c1CCl. The van der Waals surface area contributed by atoms with Gasteiger partial charge < -0.3 is 0 Å². The van der Waals surface area contributed by atoms with Crippen molar-refractivity contribution in [1.29, 1.82) is 0 Å². The maximum atomic E-state index is 12.7. The van der Waals surface area contributed by atoms with E-state index in [9.17, 15) is 4.39 Å². The molecule has 0 aromatic heterocycles. The minimum absolute atomic E-state index is 0.186. The molecule has 0 fully saturated rings. The van der Waals surface area contributed by atoms with Crippen molar-refractivity contribution >= 4 is 11.6 Å². The zero-order chi connectivity index (χ0) is 8.43. The van der Waals surface area contributed by atoms with Crippen LogP contribution in [0.1, 0.15) is 16.7 Å². The Labute approximate surface area is 71.0 Å². The Morgan fingerprint density at radius 1 is 1.27 bits per heavy atom. The van der Waals surface area contributed by atoms with Crippen molar-refractivity contribution in [3.63, 3.8) is 0 Å². The first-order chi connectivity index (χ1) is 5.15. The van der Waals surface area contributed by atoms with Crippen LogP contribution in [0.3, 0.4) is 0 Å². The van der Waals surface area contributed by atoms with Gasteiger partial charge in [-0.3, -0.25) is 0 Å². The van der Waals surface area contributed by atoms with E-state index in [1.165, 1.54) is 12.1 Å². The predicted molar refractivity (Wildman–Crippen MR) is 45.4 cm³/mol. The normalized spacial score (nSPS) is 10.2. The number of alkyl halides is 1. The van der Waals surface area contributed by atoms with E-state index >= 15 is 0 Å². The van der Waals surface area contributed by atoms with Crippen molar-refractivity contribution < 1.29 is 4.39 Å². The smallest absolute Gasteiger partial charge is 0.123 e. The molecule has 60 valence electrons. The lowest BCUT2D eigenvalue weighted by molar-refractivity contribution is 0.624. The van der Waals surface area contributed by atoms with Gasteiger partial charge in [-0.1, -0.05) is 0 Å². The van der Waals surface area contributed by atoms with Crippen molar-refractivity contribution in [2.75, 3.05) is 0 Å². The molecule has 0 nitrogen and oxygen atoms in total. The van der Waals surface area contributed by atoms with Gasteiger partial charge in [-0.25, -0.2) is 4.39 Å². The summed E-state index contributed by atoms with van der Waals surface area (Å²) in [4.78, 5) is 0. The summed E-state index contributed by atoms with van der Waals surface area (Å²) in [7, 11) is 0. The minimum atomic E-state index is -0.186. The first kappa shape index (κ1) is 8.54. The molecular weight excluding hydrogens is 163 g/mol. The molecule has 11 heavy (non-hydrogen) atoms. The largest absolute Gasteiger partial charge is 0.207 e. The molecule has 1 rings (SSSR count). The molecule has 0 aliphatic carbocycles. The molecule has 0 spiro atoms. The zero-order valence-corrected chi connectivity index (χ0v) is 7.37. The van der Waals surface area contributed by atoms with E-state index in [0.29, 0.717) is 5.88 Å². The third-order valence-electron chi connectivity index (χ3n) is 1.79. The van der Waals surface area contributed by atoms with Crippen LogP contribution in [0.4, 0.5) is 4.39 Å². The van der Waals surface area contributed by atoms with Gasteiger partial charge in [0, 0.05) is 5.88 Å². The summed E-state index contributed by atoms with van der Waals surface area (Å²) in [5, 5.41) is 0. The predicted octanol–water partition coefficient (Wildman–Crippen LogP) is 3.18. The molecule has 1 aromatic rings. The maximum Gasteiger partial charge on any atom is 0.123 e. The molecule has 0 bridgehead atoms. The molecule has 0 atom stereocenters. The van der Waals surface area contributed by atoms with E-state index in [-0.39, 0.29) is 5.82 Å². The number of hydrogen-bond donors (Lipinski definition) is 0. The van der Waals surface area contributed by atoms with Gasteiger partial charge in [-0.2, -0.15) is 0 Å². The van der Waals surface area contributed by atoms with Gasteiger partial charge in [0.2, 0.25) is 0 Å². The highest BCUT2D eigenvalue weighted by molar-refractivity contribution is 6.17. The van der Waals surface area contributed by atoms with Crippen LogP contribution in [0.2, 0.25) is 0 Å². The van der Waals surface area contributed by atoms with Gasteiger partial charge in [0.1, 0.15) is 5.82 Å². The molecular formula is C9H10ClF. The molecule has 0 unspecified atom stereocenters. The molecule has 0 amide bonds. The second kappa shape index (κ2) is 3.22. The van der Waals surface area contributed by atoms with Gasteiger partial charge in [-0.15, -0.1) is 11.6 Å². The Hall–Kier alpha value is -0.560. The van der Waals surface area contributed by atoms with E-state index in [4.69, 9.17) is 11.6 Å². The van der Waals surface area contributed by atoms with Crippen LogP contribution < -0.4 is 0 Å². The van der Waals surface area contributed by atoms with Crippen LogP contribution in [0, 0.1) is 19.7 Å². The first-order valence-electron chi connectivity index (χ1n) is 3.46. The highest BCUT2D eigenvalue weighted by atomic mass is 35.5. The summed E-state index contributed by atoms with van der Waals surface area (Å²) in [5.74, 6) is 0.270. The quantitative estimate of drug-likeness (QED) is 0.571. The summed E-state index contributed by atoms with van der Waals surface area (Å²) in [6.45, 7) is 3.74. The fourth-order valence-electron chi connectivity index (χ4n) is 1.15. The van der Waals surface area contributed by atoms with E-state index in [2.05, 4.69) is 0 Å². The lowest BCUT2D eigenvalue weighted by atomic mass is 10.0. The van der Waals surface area contributed by atoms with Crippen molar-refractivity contribution in [3.05, 3.63) is 34.6 Å². The zero-order valence-electron chi connectivity index (χ0n) is 6.62. The number of aryl methyl sites for hydroxylation is 2. The van der Waals surface area contributed by atoms with Gasteiger partial charge in [0.25, 0.3) is 0 Å². The third kappa shape index (κ3) is 1.72. The van der Waals surface area contributed by atoms with Crippen LogP contribution in [-0.2, 0) is 5.88 Å². The number of halogens is 2. The summed E-state index contributed by atoms with van der Waals surface area (Å²) < 4.78 is 12.7. The van der Waals surface area contributed by atoms with Crippen LogP contribution in [0.25, 0.3) is 0 Å². The average Bonchev–Trinajstić information content (AvgIpc) is 1.85. The molecule has 2 heteroatoms. The van der Waals surface area contributed by atoms with E-state index < -0.39 is 0 Å². The van der Waals surface area contributed by atoms with E-state index in [1.807, 2.05) is 13.8 Å². The molecule has 0 radical (unpaired) electrons. The molecule has 0 heterocycles. The second-order valence-electron chi connectivity index (χ2n) is 2.65. The third-order valence-corrected chi connectivity index (χ3v) is 2.06. The number of hydrogen-bond acceptors (Lipinski definition) is 0. The van der Waals surface area contributed by atoms with Crippen LogP contribution in [-0.4, -0.2) is 0 Å². The highest BCUT2D eigenvalue weighted by Crippen LogP contribution is 2.17. The Morgan fingerprint density at radius 2 is 1.73 bits per heavy atom. The molecule has 0 saturated carbocycles. The fraction of sp³-hybridized carbons (Fsp3) is 0.333. The van der Waals surface area contributed by atoms with E-state index in [0.717, 1.165) is 16.7 Å². The Balaban J connectivity index is 3.25. The molecule has 1 aromatic carbocycles. The summed E-state index contributed by atoms with van der Waals surface area (Å²) in [5.41, 5.74) is 2.89. The number of rotatable bonds is 1. The first-order valence-corrected chi connectivity index (χ1v) is 4.00. The minimum Gasteiger partial charge on any atom is -0.207 e. The van der Waals surface area contributed by atoms with Crippen molar-refractivity contribution in [2.24, 2.45) is 0 Å². The van der Waals surface area contributed by atoms with Gasteiger partial charge >= 0.3 is 0 Å². The molecule has 0 aliphatic heterocycles. The Bertz CT molecular complexity index is 245. The Kier molecular flexibility index (Phi) is 2.50. The molecule has 0 saturated heterocycles. The number of benzene rings is 1. The second-order valence-corrected chi connectivity index (χ2v) is 2.92. The van der Waals surface area contributed by atoms with Crippen LogP contribution in [0.15, 0.2) is 12.1 Å². The van der Waals surface area contributed by atoms with Gasteiger partial charge in [0.05, 0.1) is 0 Å². The topological polar surface area (TPSA) is 0 Å². The monoisotopic (exact) mass is 172 g/mol. The molecule has 0 N–H and O–H groups in total. The fourth-order valence-corrected chi connectivity index (χ4v) is 1.57.